The highest BCUT2D eigenvalue weighted by Gasteiger charge is 2.59. The number of rotatable bonds is 21. The minimum atomic E-state index is -5.72. The lowest BCUT2D eigenvalue weighted by atomic mass is 9.80. The second-order valence-corrected chi connectivity index (χ2v) is 18.0. The second kappa shape index (κ2) is 21.6. The van der Waals surface area contributed by atoms with E-state index in [4.69, 9.17) is 32.9 Å². The largest absolute Gasteiger partial charge is 0.497 e. The van der Waals surface area contributed by atoms with Crippen molar-refractivity contribution in [3.8, 4) is 17.6 Å². The van der Waals surface area contributed by atoms with Gasteiger partial charge in [0.2, 0.25) is 0 Å². The van der Waals surface area contributed by atoms with Gasteiger partial charge in [0.25, 0.3) is 5.56 Å². The first-order chi connectivity index (χ1) is 30.7. The number of methoxy groups -OCH3 is 2. The summed E-state index contributed by atoms with van der Waals surface area (Å²) in [6.07, 6.45) is -17.0. The quantitative estimate of drug-likeness (QED) is 0.0275. The van der Waals surface area contributed by atoms with Gasteiger partial charge in [-0.2, -0.15) is 36.1 Å². The van der Waals surface area contributed by atoms with E-state index in [1.807, 2.05) is 24.3 Å². The van der Waals surface area contributed by atoms with Crippen molar-refractivity contribution in [1.82, 2.24) is 14.2 Å². The Hall–Kier alpha value is -4.84. The second-order valence-electron chi connectivity index (χ2n) is 15.6. The van der Waals surface area contributed by atoms with Gasteiger partial charge in [-0.1, -0.05) is 54.6 Å². The van der Waals surface area contributed by atoms with E-state index >= 15 is 0 Å². The Morgan fingerprint density at radius 3 is 1.85 bits per heavy atom. The van der Waals surface area contributed by atoms with Crippen LogP contribution in [-0.4, -0.2) is 102 Å². The van der Waals surface area contributed by atoms with E-state index in [0.29, 0.717) is 28.2 Å². The van der Waals surface area contributed by atoms with Crippen molar-refractivity contribution in [1.29, 1.82) is 5.26 Å². The average Bonchev–Trinajstić information content (AvgIpc) is 3.57. The van der Waals surface area contributed by atoms with Crippen LogP contribution < -0.4 is 20.7 Å². The molecular formula is C44H52F6N4O10P+. The molecule has 1 aliphatic rings. The van der Waals surface area contributed by atoms with Crippen LogP contribution in [0.5, 0.6) is 11.5 Å². The van der Waals surface area contributed by atoms with Crippen molar-refractivity contribution >= 4 is 7.87 Å². The maximum Gasteiger partial charge on any atom is 0.402 e. The summed E-state index contributed by atoms with van der Waals surface area (Å²) < 4.78 is 126. The van der Waals surface area contributed by atoms with Gasteiger partial charge < -0.3 is 28.4 Å². The summed E-state index contributed by atoms with van der Waals surface area (Å²) in [5.74, 6) is -2.79. The van der Waals surface area contributed by atoms with Crippen LogP contribution in [0.15, 0.2) is 101 Å². The topological polar surface area (TPSA) is 167 Å². The van der Waals surface area contributed by atoms with E-state index in [1.54, 1.807) is 93.0 Å². The Morgan fingerprint density at radius 2 is 1.37 bits per heavy atom. The fourth-order valence-corrected chi connectivity index (χ4v) is 10.8. The van der Waals surface area contributed by atoms with Gasteiger partial charge in [0.05, 0.1) is 39.9 Å². The molecule has 2 N–H and O–H groups in total. The summed E-state index contributed by atoms with van der Waals surface area (Å²) in [6.45, 7) is 3.59. The van der Waals surface area contributed by atoms with E-state index in [2.05, 4.69) is 4.98 Å². The number of nitrogens with zero attached hydrogens (tertiary/aromatic N) is 3. The first-order valence-corrected chi connectivity index (χ1v) is 22.2. The van der Waals surface area contributed by atoms with E-state index in [9.17, 15) is 46.1 Å². The third-order valence-corrected chi connectivity index (χ3v) is 13.7. The maximum absolute atomic E-state index is 13.5. The number of halogens is 6. The highest BCUT2D eigenvalue weighted by atomic mass is 31.2. The van der Waals surface area contributed by atoms with Crippen LogP contribution in [-0.2, 0) is 29.1 Å². The molecule has 2 heterocycles. The van der Waals surface area contributed by atoms with Gasteiger partial charge in [-0.15, -0.1) is 4.67 Å². The Morgan fingerprint density at radius 1 is 0.831 bits per heavy atom. The van der Waals surface area contributed by atoms with E-state index in [0.717, 1.165) is 16.8 Å². The highest BCUT2D eigenvalue weighted by Crippen LogP contribution is 2.64. The molecule has 0 bridgehead atoms. The lowest BCUT2D eigenvalue weighted by Gasteiger charge is -2.39. The van der Waals surface area contributed by atoms with Crippen molar-refractivity contribution in [2.45, 2.75) is 88.7 Å². The molecule has 1 saturated heterocycles. The van der Waals surface area contributed by atoms with Crippen LogP contribution in [0.2, 0.25) is 0 Å². The van der Waals surface area contributed by atoms with E-state index in [-0.39, 0.29) is 12.6 Å². The molecule has 5 atom stereocenters. The summed E-state index contributed by atoms with van der Waals surface area (Å²) in [5, 5.41) is 9.72. The number of ether oxygens (including phenoxy) is 6. The molecule has 0 radical (unpaired) electrons. The number of benzene rings is 3. The summed E-state index contributed by atoms with van der Waals surface area (Å²) >= 11 is 0. The number of aromatic nitrogens is 2. The number of nitrogens with one attached hydrogen (secondary N) is 1. The summed E-state index contributed by atoms with van der Waals surface area (Å²) in [7, 11) is -0.922. The molecule has 1 aliphatic heterocycles. The number of aromatic amines is 1. The van der Waals surface area contributed by atoms with Gasteiger partial charge in [-0.05, 0) is 68.7 Å². The zero-order valence-corrected chi connectivity index (χ0v) is 37.3. The fraction of sp³-hybridized carbons (Fsp3) is 0.477. The van der Waals surface area contributed by atoms with Gasteiger partial charge in [-0.25, -0.2) is 9.69 Å². The van der Waals surface area contributed by atoms with Gasteiger partial charge in [0, 0.05) is 24.3 Å². The van der Waals surface area contributed by atoms with Gasteiger partial charge >= 0.3 is 25.9 Å². The molecule has 65 heavy (non-hydrogen) atoms. The molecule has 354 valence electrons. The molecule has 0 amide bonds. The fourth-order valence-electron chi connectivity index (χ4n) is 7.88. The van der Waals surface area contributed by atoms with Gasteiger partial charge in [0.1, 0.15) is 42.3 Å². The Bertz CT molecular complexity index is 2220. The molecule has 0 saturated carbocycles. The third kappa shape index (κ3) is 12.0. The normalized spacial score (nSPS) is 19.2. The highest BCUT2D eigenvalue weighted by molar-refractivity contribution is 7.63. The lowest BCUT2D eigenvalue weighted by molar-refractivity contribution is -0.299. The van der Waals surface area contributed by atoms with Gasteiger partial charge in [-0.3, -0.25) is 14.3 Å². The molecule has 3 aromatic carbocycles. The predicted octanol–water partition coefficient (Wildman–Crippen LogP) is 7.73. The number of hydrogen-bond donors (Lipinski definition) is 2. The molecule has 1 aromatic heterocycles. The van der Waals surface area contributed by atoms with E-state index in [1.165, 1.54) is 14.2 Å². The van der Waals surface area contributed by atoms with E-state index < -0.39 is 99.6 Å². The Kier molecular flexibility index (Phi) is 17.0. The van der Waals surface area contributed by atoms with Crippen LogP contribution in [0.25, 0.3) is 0 Å². The van der Waals surface area contributed by atoms with Crippen LogP contribution >= 0.6 is 7.87 Å². The molecule has 14 nitrogen and oxygen atoms in total. The summed E-state index contributed by atoms with van der Waals surface area (Å²) in [5.41, 5.74) is -1.51. The zero-order chi connectivity index (χ0) is 47.7. The number of nitriles is 1. The van der Waals surface area contributed by atoms with Crippen LogP contribution in [0.4, 0.5) is 26.3 Å². The van der Waals surface area contributed by atoms with Gasteiger partial charge in [0.15, 0.2) is 18.2 Å². The summed E-state index contributed by atoms with van der Waals surface area (Å²) in [4.78, 5) is 40.4. The molecule has 5 rings (SSSR count). The molecular weight excluding hydrogens is 889 g/mol. The first-order valence-electron chi connectivity index (χ1n) is 20.4. The predicted molar refractivity (Wildman–Crippen MR) is 226 cm³/mol. The summed E-state index contributed by atoms with van der Waals surface area (Å²) in [6, 6.07) is 25.3. The Balaban J connectivity index is 1.69. The monoisotopic (exact) mass is 941 g/mol. The molecule has 1 fully saturated rings. The smallest absolute Gasteiger partial charge is 0.402 e. The van der Waals surface area contributed by atoms with Crippen LogP contribution in [0, 0.1) is 17.2 Å². The third-order valence-electron chi connectivity index (χ3n) is 10.7. The molecule has 1 unspecified atom stereocenters. The van der Waals surface area contributed by atoms with Crippen molar-refractivity contribution < 1.29 is 64.2 Å². The van der Waals surface area contributed by atoms with Crippen molar-refractivity contribution in [2.75, 3.05) is 40.4 Å². The minimum Gasteiger partial charge on any atom is -0.497 e. The number of H-pyrrole nitrogens is 1. The average molecular weight is 942 g/mol. The molecule has 0 aliphatic carbocycles. The standard InChI is InChI=1S/C44H51F6N4O10P/c1-28(2)54(29(3)4)65(57,24-10-22-51)64-38-35(63-40(53-23-21-37(55)52-41(53)56)39(38)61-27-60-26-36(43(45,46)47)44(48,49)50)25-62-42(30-11-8-7-9-12-30,31-13-17-33(58-5)18-14-31)32-15-19-34(59-6)20-16-32/h7-9,11-21,23,28-29,35-36,38-40,57H,10,24-27H2,1-6H3/p+1/t35-,38-,39-,40-,65?/m1/s1. The number of alkyl halides is 6. The minimum absolute atomic E-state index is 0.200. The van der Waals surface area contributed by atoms with Crippen molar-refractivity contribution in [3.63, 3.8) is 0 Å². The molecule has 4 aromatic rings. The van der Waals surface area contributed by atoms with Crippen molar-refractivity contribution in [2.24, 2.45) is 5.92 Å². The molecule has 21 heteroatoms. The SMILES string of the molecule is COc1ccc(C(OC[C@H]2O[C@@H](n3ccc(=O)[nH]c3=O)[C@H](OCOCC(C(F)(F)F)C(F)(F)F)[C@@H]2O[P+](O)(CCC#N)N(C(C)C)C(C)C)(c2ccccc2)c2ccc(OC)cc2)cc1. The van der Waals surface area contributed by atoms with Crippen molar-refractivity contribution in [3.05, 3.63) is 129 Å². The molecule has 0 spiro atoms. The Labute approximate surface area is 372 Å². The van der Waals surface area contributed by atoms with Crippen LogP contribution in [0.3, 0.4) is 0 Å². The zero-order valence-electron chi connectivity index (χ0n) is 36.4. The first kappa shape index (κ1) is 51.1. The van der Waals surface area contributed by atoms with Crippen LogP contribution in [0.1, 0.15) is 57.0 Å². The maximum atomic E-state index is 13.5. The lowest BCUT2D eigenvalue weighted by Crippen LogP contribution is -2.46. The number of hydrogen-bond acceptors (Lipinski definition) is 12.